The van der Waals surface area contributed by atoms with Crippen LogP contribution in [0.3, 0.4) is 0 Å². The van der Waals surface area contributed by atoms with Crippen molar-refractivity contribution in [1.82, 2.24) is 26.6 Å². The third kappa shape index (κ3) is 12.3. The summed E-state index contributed by atoms with van der Waals surface area (Å²) >= 11 is 0. The zero-order valence-electron chi connectivity index (χ0n) is 34.0. The van der Waals surface area contributed by atoms with Gasteiger partial charge in [0.15, 0.2) is 6.10 Å². The summed E-state index contributed by atoms with van der Waals surface area (Å²) < 4.78 is 0. The number of phenolic OH excluding ortho intramolecular Hbond substituents is 2. The topological polar surface area (TPSA) is 232 Å². The molecular weight excluding hydrogens is 753 g/mol. The van der Waals surface area contributed by atoms with Gasteiger partial charge in [0, 0.05) is 6.54 Å². The monoisotopic (exact) mass is 812 g/mol. The molecule has 0 heterocycles. The van der Waals surface area contributed by atoms with E-state index in [1.807, 2.05) is 60.7 Å². The molecule has 2 saturated carbocycles. The molecule has 5 rings (SSSR count). The molecule has 2 fully saturated rings. The lowest BCUT2D eigenvalue weighted by atomic mass is 9.84. The van der Waals surface area contributed by atoms with E-state index in [-0.39, 0.29) is 35.9 Å². The van der Waals surface area contributed by atoms with Gasteiger partial charge < -0.3 is 47.6 Å². The number of rotatable bonds is 18. The van der Waals surface area contributed by atoms with Crippen molar-refractivity contribution in [2.24, 2.45) is 17.6 Å². The van der Waals surface area contributed by atoms with Crippen LogP contribution in [0.25, 0.3) is 0 Å². The standard InChI is InChI=1S/C45H60N6O8/c1-28(2)38(50-41(56)34(46)27-47-40(55)33-26-32(52)20-21-37(33)53)43(58)49-36(25-30-16-8-4-9-17-30)42(57)48-35(24-29-14-6-3-7-15-29)39(54)44(59)51-45(22-12-13-23-45)31-18-10-5-11-19-31/h3,5-7,10-11,14-15,18-21,26,28,30,34-36,38-39,52-54H,4,8-9,12-13,16-17,22-25,27,46H2,1-2H3,(H,47,55)(H,48,57)(H,49,58)(H,50,56)(H,51,59)/t34-,35-,36-,38-,39+/m0/s1. The fourth-order valence-electron chi connectivity index (χ4n) is 8.25. The van der Waals surface area contributed by atoms with Crippen molar-refractivity contribution in [3.05, 3.63) is 95.6 Å². The number of hydrogen-bond donors (Lipinski definition) is 9. The highest BCUT2D eigenvalue weighted by atomic mass is 16.3. The molecule has 5 amide bonds. The van der Waals surface area contributed by atoms with Crippen LogP contribution in [-0.4, -0.2) is 81.7 Å². The SMILES string of the molecule is CC(C)[C@H](NC(=O)[C@@H](N)CNC(=O)c1cc(O)ccc1O)C(=O)N[C@@H](CC1CCCCC1)C(=O)N[C@@H](Cc1ccccc1)[C@@H](O)C(=O)NC1(c2ccccc2)CCCC1. The molecule has 10 N–H and O–H groups in total. The van der Waals surface area contributed by atoms with E-state index in [2.05, 4.69) is 26.6 Å². The average Bonchev–Trinajstić information content (AvgIpc) is 3.72. The maximum Gasteiger partial charge on any atom is 0.255 e. The Bertz CT molecular complexity index is 1880. The van der Waals surface area contributed by atoms with Crippen molar-refractivity contribution in [3.63, 3.8) is 0 Å². The average molecular weight is 813 g/mol. The summed E-state index contributed by atoms with van der Waals surface area (Å²) in [6.07, 6.45) is 6.97. The van der Waals surface area contributed by atoms with E-state index in [1.165, 1.54) is 6.07 Å². The lowest BCUT2D eigenvalue weighted by Gasteiger charge is -2.34. The van der Waals surface area contributed by atoms with Crippen molar-refractivity contribution >= 4 is 29.5 Å². The van der Waals surface area contributed by atoms with Gasteiger partial charge >= 0.3 is 0 Å². The minimum atomic E-state index is -1.62. The molecule has 14 nitrogen and oxygen atoms in total. The fourth-order valence-corrected chi connectivity index (χ4v) is 8.25. The normalized spacial score (nSPS) is 17.8. The molecule has 59 heavy (non-hydrogen) atoms. The maximum atomic E-state index is 14.4. The molecule has 318 valence electrons. The van der Waals surface area contributed by atoms with Crippen LogP contribution in [0, 0.1) is 11.8 Å². The molecule has 0 saturated heterocycles. The predicted molar refractivity (Wildman–Crippen MR) is 223 cm³/mol. The fraction of sp³-hybridized carbons (Fsp3) is 0.489. The van der Waals surface area contributed by atoms with E-state index in [0.717, 1.165) is 81.0 Å². The number of benzene rings is 3. The van der Waals surface area contributed by atoms with E-state index in [4.69, 9.17) is 5.73 Å². The van der Waals surface area contributed by atoms with E-state index in [9.17, 15) is 39.3 Å². The number of carbonyl (C=O) groups is 5. The smallest absolute Gasteiger partial charge is 0.255 e. The van der Waals surface area contributed by atoms with Crippen LogP contribution in [0.1, 0.15) is 99.5 Å². The molecular formula is C45H60N6O8. The molecule has 0 aromatic heterocycles. The lowest BCUT2D eigenvalue weighted by molar-refractivity contribution is -0.136. The highest BCUT2D eigenvalue weighted by Gasteiger charge is 2.41. The number of aromatic hydroxyl groups is 2. The van der Waals surface area contributed by atoms with Crippen molar-refractivity contribution in [1.29, 1.82) is 0 Å². The maximum absolute atomic E-state index is 14.4. The Hall–Kier alpha value is -5.47. The molecule has 0 spiro atoms. The Balaban J connectivity index is 1.30. The molecule has 3 aromatic carbocycles. The summed E-state index contributed by atoms with van der Waals surface area (Å²) in [5.74, 6) is -4.17. The third-order valence-electron chi connectivity index (χ3n) is 11.6. The summed E-state index contributed by atoms with van der Waals surface area (Å²) in [5.41, 5.74) is 7.02. The zero-order chi connectivity index (χ0) is 42.5. The second kappa shape index (κ2) is 21.0. The second-order valence-electron chi connectivity index (χ2n) is 16.4. The van der Waals surface area contributed by atoms with E-state index >= 15 is 0 Å². The van der Waals surface area contributed by atoms with Gasteiger partial charge in [0.25, 0.3) is 11.8 Å². The van der Waals surface area contributed by atoms with Crippen LogP contribution in [0.4, 0.5) is 0 Å². The van der Waals surface area contributed by atoms with Crippen molar-refractivity contribution < 1.29 is 39.3 Å². The predicted octanol–water partition coefficient (Wildman–Crippen LogP) is 3.43. The molecule has 0 radical (unpaired) electrons. The van der Waals surface area contributed by atoms with Crippen LogP contribution in [-0.2, 0) is 31.1 Å². The Morgan fingerprint density at radius 2 is 1.41 bits per heavy atom. The highest BCUT2D eigenvalue weighted by molar-refractivity contribution is 5.98. The van der Waals surface area contributed by atoms with Gasteiger partial charge in [0.05, 0.1) is 17.1 Å². The summed E-state index contributed by atoms with van der Waals surface area (Å²) in [5, 5.41) is 45.6. The molecule has 2 aliphatic rings. The summed E-state index contributed by atoms with van der Waals surface area (Å²) in [4.78, 5) is 68.3. The van der Waals surface area contributed by atoms with Gasteiger partial charge in [-0.2, -0.15) is 0 Å². The second-order valence-corrected chi connectivity index (χ2v) is 16.4. The number of aliphatic hydroxyl groups excluding tert-OH is 1. The summed E-state index contributed by atoms with van der Waals surface area (Å²) in [6.45, 7) is 3.12. The minimum Gasteiger partial charge on any atom is -0.508 e. The first kappa shape index (κ1) is 44.6. The summed E-state index contributed by atoms with van der Waals surface area (Å²) in [7, 11) is 0. The molecule has 0 aliphatic heterocycles. The van der Waals surface area contributed by atoms with Crippen molar-refractivity contribution in [3.8, 4) is 11.5 Å². The van der Waals surface area contributed by atoms with Crippen LogP contribution in [0.15, 0.2) is 78.9 Å². The number of nitrogens with two attached hydrogens (primary N) is 1. The molecule has 0 bridgehead atoms. The number of phenols is 2. The van der Waals surface area contributed by atoms with E-state index in [1.54, 1.807) is 13.8 Å². The number of aliphatic hydroxyl groups is 1. The van der Waals surface area contributed by atoms with Gasteiger partial charge in [-0.15, -0.1) is 0 Å². The Kier molecular flexibility index (Phi) is 15.9. The Labute approximate surface area is 346 Å². The third-order valence-corrected chi connectivity index (χ3v) is 11.6. The molecule has 5 atom stereocenters. The number of hydrogen-bond acceptors (Lipinski definition) is 9. The number of nitrogens with one attached hydrogen (secondary N) is 5. The minimum absolute atomic E-state index is 0.142. The number of carbonyl (C=O) groups excluding carboxylic acids is 5. The first-order chi connectivity index (χ1) is 28.3. The molecule has 14 heteroatoms. The zero-order valence-corrected chi connectivity index (χ0v) is 34.0. The van der Waals surface area contributed by atoms with Gasteiger partial charge in [0.1, 0.15) is 29.6 Å². The Morgan fingerprint density at radius 1 is 0.763 bits per heavy atom. The van der Waals surface area contributed by atoms with E-state index < -0.39 is 71.3 Å². The molecule has 3 aromatic rings. The van der Waals surface area contributed by atoms with Gasteiger partial charge in [-0.25, -0.2) is 0 Å². The van der Waals surface area contributed by atoms with E-state index in [0.29, 0.717) is 6.42 Å². The van der Waals surface area contributed by atoms with Crippen molar-refractivity contribution in [2.45, 2.75) is 120 Å². The first-order valence-electron chi connectivity index (χ1n) is 20.8. The molecule has 0 unspecified atom stereocenters. The van der Waals surface area contributed by atoms with Gasteiger partial charge in [-0.1, -0.05) is 119 Å². The van der Waals surface area contributed by atoms with Crippen LogP contribution in [0.5, 0.6) is 11.5 Å². The van der Waals surface area contributed by atoms with Crippen LogP contribution in [0.2, 0.25) is 0 Å². The van der Waals surface area contributed by atoms with Gasteiger partial charge in [-0.05, 0) is 66.8 Å². The number of amides is 5. The van der Waals surface area contributed by atoms with Gasteiger partial charge in [0.2, 0.25) is 17.7 Å². The first-order valence-corrected chi connectivity index (χ1v) is 20.8. The van der Waals surface area contributed by atoms with Crippen molar-refractivity contribution in [2.75, 3.05) is 6.54 Å². The Morgan fingerprint density at radius 3 is 2.05 bits per heavy atom. The largest absolute Gasteiger partial charge is 0.508 e. The highest BCUT2D eigenvalue weighted by Crippen LogP contribution is 2.39. The quantitative estimate of drug-likeness (QED) is 0.0856. The summed E-state index contributed by atoms with van der Waals surface area (Å²) in [6, 6.07) is 17.9. The van der Waals surface area contributed by atoms with Crippen LogP contribution < -0.4 is 32.3 Å². The lowest BCUT2D eigenvalue weighted by Crippen LogP contribution is -2.61. The molecule has 2 aliphatic carbocycles. The van der Waals surface area contributed by atoms with Gasteiger partial charge in [-0.3, -0.25) is 24.0 Å². The van der Waals surface area contributed by atoms with Crippen LogP contribution >= 0.6 is 0 Å².